The largest absolute Gasteiger partial charge is 0.508 e. The van der Waals surface area contributed by atoms with E-state index < -0.39 is 16.1 Å². The molecule has 2 aromatic carbocycles. The summed E-state index contributed by atoms with van der Waals surface area (Å²) in [7, 11) is -3.52. The molecule has 1 aliphatic heterocycles. The molecule has 0 spiro atoms. The zero-order valence-electron chi connectivity index (χ0n) is 12.0. The van der Waals surface area contributed by atoms with E-state index in [0.29, 0.717) is 17.7 Å². The van der Waals surface area contributed by atoms with Gasteiger partial charge in [-0.05, 0) is 11.6 Å². The van der Waals surface area contributed by atoms with E-state index in [-0.39, 0.29) is 5.75 Å². The third-order valence-electron chi connectivity index (χ3n) is 3.62. The Kier molecular flexibility index (Phi) is 3.62. The monoisotopic (exact) mass is 316 g/mol. The van der Waals surface area contributed by atoms with E-state index in [9.17, 15) is 13.5 Å². The molecule has 1 atom stereocenters. The van der Waals surface area contributed by atoms with Crippen molar-refractivity contribution in [3.8, 4) is 5.75 Å². The van der Waals surface area contributed by atoms with E-state index in [1.165, 1.54) is 0 Å². The molecule has 114 valence electrons. The number of phenolic OH excluding ortho intramolecular Hbond substituents is 1. The number of aromatic hydroxyl groups is 1. The van der Waals surface area contributed by atoms with Crippen LogP contribution in [0.4, 0.5) is 0 Å². The highest BCUT2D eigenvalue weighted by Gasteiger charge is 2.35. The number of hydrogen-bond acceptors (Lipinski definition) is 4. The smallest absolute Gasteiger partial charge is 0.247 e. The van der Waals surface area contributed by atoms with Crippen LogP contribution in [-0.2, 0) is 10.0 Å². The summed E-state index contributed by atoms with van der Waals surface area (Å²) in [4.78, 5) is 0. The SMILES string of the molecule is CS(=O)(=O)N1N=C(c2ccccc2)C[C@H]1c1ccccc1O. The quantitative estimate of drug-likeness (QED) is 0.946. The van der Waals surface area contributed by atoms with E-state index in [0.717, 1.165) is 16.2 Å². The average Bonchev–Trinajstić information content (AvgIpc) is 2.94. The molecule has 0 aliphatic carbocycles. The minimum absolute atomic E-state index is 0.0747. The van der Waals surface area contributed by atoms with Gasteiger partial charge in [0.25, 0.3) is 0 Å². The molecule has 0 aromatic heterocycles. The summed E-state index contributed by atoms with van der Waals surface area (Å²) < 4.78 is 25.2. The standard InChI is InChI=1S/C16H16N2O3S/c1-22(20,21)18-15(13-9-5-6-10-16(13)19)11-14(17-18)12-7-3-2-4-8-12/h2-10,15,19H,11H2,1H3/t15-/m0/s1. The highest BCUT2D eigenvalue weighted by molar-refractivity contribution is 7.88. The molecular formula is C16H16N2O3S. The zero-order chi connectivity index (χ0) is 15.7. The van der Waals surface area contributed by atoms with E-state index in [2.05, 4.69) is 5.10 Å². The molecule has 1 aliphatic rings. The summed E-state index contributed by atoms with van der Waals surface area (Å²) >= 11 is 0. The third kappa shape index (κ3) is 2.69. The molecule has 22 heavy (non-hydrogen) atoms. The number of rotatable bonds is 3. The van der Waals surface area contributed by atoms with Gasteiger partial charge in [-0.1, -0.05) is 48.5 Å². The van der Waals surface area contributed by atoms with Crippen LogP contribution in [-0.4, -0.2) is 29.9 Å². The van der Waals surface area contributed by atoms with Gasteiger partial charge in [0.15, 0.2) is 0 Å². The topological polar surface area (TPSA) is 70.0 Å². The Bertz CT molecular complexity index is 816. The minimum Gasteiger partial charge on any atom is -0.508 e. The van der Waals surface area contributed by atoms with Gasteiger partial charge in [0, 0.05) is 12.0 Å². The molecule has 3 rings (SSSR count). The number of nitrogens with zero attached hydrogens (tertiary/aromatic N) is 2. The fraction of sp³-hybridized carbons (Fsp3) is 0.188. The summed E-state index contributed by atoms with van der Waals surface area (Å²) in [5.74, 6) is 0.0747. The maximum Gasteiger partial charge on any atom is 0.247 e. The van der Waals surface area contributed by atoms with Crippen LogP contribution in [0.2, 0.25) is 0 Å². The Labute approximate surface area is 129 Å². The van der Waals surface area contributed by atoms with Crippen molar-refractivity contribution in [2.24, 2.45) is 5.10 Å². The second-order valence-corrected chi connectivity index (χ2v) is 7.07. The molecule has 0 saturated heterocycles. The van der Waals surface area contributed by atoms with Gasteiger partial charge >= 0.3 is 0 Å². The lowest BCUT2D eigenvalue weighted by molar-refractivity contribution is 0.361. The van der Waals surface area contributed by atoms with Crippen molar-refractivity contribution in [1.82, 2.24) is 4.41 Å². The summed E-state index contributed by atoms with van der Waals surface area (Å²) in [6.45, 7) is 0. The molecule has 0 unspecified atom stereocenters. The Morgan fingerprint density at radius 1 is 1.09 bits per heavy atom. The van der Waals surface area contributed by atoms with Gasteiger partial charge in [0.05, 0.1) is 18.0 Å². The molecule has 0 fully saturated rings. The first kappa shape index (κ1) is 14.6. The molecule has 1 N–H and O–H groups in total. The Hall–Kier alpha value is -2.34. The van der Waals surface area contributed by atoms with Gasteiger partial charge in [-0.2, -0.15) is 9.52 Å². The number of phenols is 1. The lowest BCUT2D eigenvalue weighted by atomic mass is 9.98. The van der Waals surface area contributed by atoms with E-state index >= 15 is 0 Å². The molecule has 5 nitrogen and oxygen atoms in total. The maximum atomic E-state index is 12.0. The Morgan fingerprint density at radius 3 is 2.36 bits per heavy atom. The van der Waals surface area contributed by atoms with Crippen molar-refractivity contribution in [1.29, 1.82) is 0 Å². The molecule has 2 aromatic rings. The minimum atomic E-state index is -3.52. The Balaban J connectivity index is 2.04. The number of para-hydroxylation sites is 1. The van der Waals surface area contributed by atoms with Gasteiger partial charge in [0.2, 0.25) is 10.0 Å². The second-order valence-electron chi connectivity index (χ2n) is 5.23. The van der Waals surface area contributed by atoms with Gasteiger partial charge in [0.1, 0.15) is 5.75 Å². The molecule has 0 bridgehead atoms. The van der Waals surface area contributed by atoms with E-state index in [1.807, 2.05) is 30.3 Å². The molecule has 0 amide bonds. The van der Waals surface area contributed by atoms with Crippen LogP contribution >= 0.6 is 0 Å². The van der Waals surface area contributed by atoms with Gasteiger partial charge < -0.3 is 5.11 Å². The average molecular weight is 316 g/mol. The first-order chi connectivity index (χ1) is 10.5. The Morgan fingerprint density at radius 2 is 1.73 bits per heavy atom. The van der Waals surface area contributed by atoms with Crippen LogP contribution in [0.15, 0.2) is 59.7 Å². The second kappa shape index (κ2) is 5.46. The van der Waals surface area contributed by atoms with Crippen molar-refractivity contribution < 1.29 is 13.5 Å². The number of hydrogen-bond donors (Lipinski definition) is 1. The number of hydrazone groups is 1. The highest BCUT2D eigenvalue weighted by Crippen LogP contribution is 2.38. The summed E-state index contributed by atoms with van der Waals surface area (Å²) in [6, 6.07) is 15.7. The van der Waals surface area contributed by atoms with Gasteiger partial charge in [-0.3, -0.25) is 0 Å². The first-order valence-corrected chi connectivity index (χ1v) is 8.72. The molecule has 1 heterocycles. The molecule has 0 saturated carbocycles. The van der Waals surface area contributed by atoms with Crippen LogP contribution in [0, 0.1) is 0 Å². The van der Waals surface area contributed by atoms with E-state index in [4.69, 9.17) is 0 Å². The van der Waals surface area contributed by atoms with Crippen molar-refractivity contribution >= 4 is 15.7 Å². The third-order valence-corrected chi connectivity index (χ3v) is 4.63. The predicted molar refractivity (Wildman–Crippen MR) is 85.1 cm³/mol. The van der Waals surface area contributed by atoms with Crippen molar-refractivity contribution in [3.63, 3.8) is 0 Å². The lowest BCUT2D eigenvalue weighted by Gasteiger charge is -2.22. The van der Waals surface area contributed by atoms with Crippen LogP contribution in [0.3, 0.4) is 0 Å². The molecule has 0 radical (unpaired) electrons. The zero-order valence-corrected chi connectivity index (χ0v) is 12.9. The summed E-state index contributed by atoms with van der Waals surface area (Å²) in [5.41, 5.74) is 2.14. The summed E-state index contributed by atoms with van der Waals surface area (Å²) in [5, 5.41) is 14.3. The molecular weight excluding hydrogens is 300 g/mol. The van der Waals surface area contributed by atoms with Gasteiger partial charge in [-0.25, -0.2) is 8.42 Å². The van der Waals surface area contributed by atoms with Crippen molar-refractivity contribution in [2.45, 2.75) is 12.5 Å². The fourth-order valence-corrected chi connectivity index (χ4v) is 3.50. The predicted octanol–water partition coefficient (Wildman–Crippen LogP) is 2.50. The van der Waals surface area contributed by atoms with Crippen LogP contribution < -0.4 is 0 Å². The maximum absolute atomic E-state index is 12.0. The summed E-state index contributed by atoms with van der Waals surface area (Å²) in [6.07, 6.45) is 1.55. The fourth-order valence-electron chi connectivity index (χ4n) is 2.60. The lowest BCUT2D eigenvalue weighted by Crippen LogP contribution is -2.25. The normalized spacial score (nSPS) is 18.3. The molecule has 6 heteroatoms. The van der Waals surface area contributed by atoms with Crippen molar-refractivity contribution in [3.05, 3.63) is 65.7 Å². The van der Waals surface area contributed by atoms with Crippen LogP contribution in [0.5, 0.6) is 5.75 Å². The number of benzene rings is 2. The number of sulfonamides is 1. The van der Waals surface area contributed by atoms with Gasteiger partial charge in [-0.15, -0.1) is 0 Å². The van der Waals surface area contributed by atoms with Crippen molar-refractivity contribution in [2.75, 3.05) is 6.26 Å². The van der Waals surface area contributed by atoms with Crippen LogP contribution in [0.25, 0.3) is 0 Å². The van der Waals surface area contributed by atoms with E-state index in [1.54, 1.807) is 24.3 Å². The van der Waals surface area contributed by atoms with Crippen LogP contribution in [0.1, 0.15) is 23.6 Å². The highest BCUT2D eigenvalue weighted by atomic mass is 32.2. The first-order valence-electron chi connectivity index (χ1n) is 6.87.